The number of halogens is 3. The minimum absolute atomic E-state index is 0.0351. The monoisotopic (exact) mass is 638 g/mol. The molecule has 5 heterocycles. The van der Waals surface area contributed by atoms with E-state index in [-0.39, 0.29) is 10.6 Å². The lowest BCUT2D eigenvalue weighted by molar-refractivity contribution is -0.129. The molecule has 0 bridgehead atoms. The molecule has 0 saturated carbocycles. The van der Waals surface area contributed by atoms with Gasteiger partial charge < -0.3 is 24.5 Å². The molecule has 0 radical (unpaired) electrons. The molecule has 7 rings (SSSR count). The molecule has 1 amide bonds. The van der Waals surface area contributed by atoms with Gasteiger partial charge in [0.2, 0.25) is 0 Å². The van der Waals surface area contributed by atoms with Crippen LogP contribution < -0.4 is 14.5 Å². The van der Waals surface area contributed by atoms with E-state index in [1.807, 2.05) is 18.2 Å². The Morgan fingerprint density at radius 2 is 1.80 bits per heavy atom. The van der Waals surface area contributed by atoms with Crippen LogP contribution in [0.5, 0.6) is 6.01 Å². The quantitative estimate of drug-likeness (QED) is 0.379. The smallest absolute Gasteiger partial charge is 0.318 e. The average Bonchev–Trinajstić information content (AvgIpc) is 3.65. The molecule has 0 aliphatic carbocycles. The SMILES string of the molecule is O=C(/C(F)=C/CO)N1CCN(c2nc(OCC34CCCN3CCC4)nc3c2CCN(c2cccc4ccc(F)c(Cl)c24)C3)CC1. The Bertz CT molecular complexity index is 1640. The molecule has 1 N–H and O–H groups in total. The predicted octanol–water partition coefficient (Wildman–Crippen LogP) is 4.49. The van der Waals surface area contributed by atoms with E-state index in [1.165, 1.54) is 23.8 Å². The van der Waals surface area contributed by atoms with Crippen LogP contribution in [0.2, 0.25) is 5.02 Å². The number of aromatic nitrogens is 2. The summed E-state index contributed by atoms with van der Waals surface area (Å²) in [5, 5.41) is 10.6. The standard InChI is InChI=1S/C33H37ClF2N6O3/c34-29-24(35)7-6-22-4-1-5-27(28(22)29)41-14-8-23-26(20-41)37-32(45-21-33-10-2-12-42(33)13-3-11-33)38-30(23)39-15-17-40(18-16-39)31(44)25(36)9-19-43/h1,4-7,9,43H,2-3,8,10-21H2/b25-9-. The van der Waals surface area contributed by atoms with E-state index < -0.39 is 24.2 Å². The van der Waals surface area contributed by atoms with E-state index in [4.69, 9.17) is 31.4 Å². The summed E-state index contributed by atoms with van der Waals surface area (Å²) < 4.78 is 35.1. The number of piperazine rings is 1. The first-order valence-corrected chi connectivity index (χ1v) is 16.1. The van der Waals surface area contributed by atoms with Crippen LogP contribution in [0.15, 0.2) is 42.2 Å². The van der Waals surface area contributed by atoms with Gasteiger partial charge in [-0.3, -0.25) is 9.69 Å². The molecule has 4 aliphatic rings. The normalized spacial score (nSPS) is 20.1. The summed E-state index contributed by atoms with van der Waals surface area (Å²) in [6, 6.07) is 9.31. The van der Waals surface area contributed by atoms with Gasteiger partial charge in [0.05, 0.1) is 29.4 Å². The molecular weight excluding hydrogens is 602 g/mol. The van der Waals surface area contributed by atoms with Crippen LogP contribution in [0.3, 0.4) is 0 Å². The third-order valence-electron chi connectivity index (χ3n) is 9.90. The molecule has 3 fully saturated rings. The number of hydrogen-bond acceptors (Lipinski definition) is 8. The van der Waals surface area contributed by atoms with Crippen molar-refractivity contribution >= 4 is 39.8 Å². The lowest BCUT2D eigenvalue weighted by Crippen LogP contribution is -2.50. The number of carbonyl (C=O) groups excluding carboxylic acids is 1. The predicted molar refractivity (Wildman–Crippen MR) is 169 cm³/mol. The van der Waals surface area contributed by atoms with E-state index in [0.29, 0.717) is 63.7 Å². The summed E-state index contributed by atoms with van der Waals surface area (Å²) in [4.78, 5) is 30.7. The number of benzene rings is 2. The van der Waals surface area contributed by atoms with Crippen molar-refractivity contribution in [3.05, 3.63) is 64.3 Å². The minimum Gasteiger partial charge on any atom is -0.461 e. The van der Waals surface area contributed by atoms with Gasteiger partial charge in [-0.05, 0) is 68.8 Å². The first-order valence-electron chi connectivity index (χ1n) is 15.8. The van der Waals surface area contributed by atoms with E-state index >= 15 is 0 Å². The number of nitrogens with zero attached hydrogens (tertiary/aromatic N) is 6. The van der Waals surface area contributed by atoms with Crippen molar-refractivity contribution in [2.45, 2.75) is 44.2 Å². The highest BCUT2D eigenvalue weighted by Crippen LogP contribution is 2.40. The van der Waals surface area contributed by atoms with Crippen molar-refractivity contribution in [3.8, 4) is 6.01 Å². The lowest BCUT2D eigenvalue weighted by atomic mass is 9.95. The second-order valence-corrected chi connectivity index (χ2v) is 12.8. The van der Waals surface area contributed by atoms with Gasteiger partial charge in [-0.25, -0.2) is 8.78 Å². The number of fused-ring (bicyclic) bond motifs is 3. The van der Waals surface area contributed by atoms with Crippen molar-refractivity contribution in [2.24, 2.45) is 0 Å². The fraction of sp³-hybridized carbons (Fsp3) is 0.485. The highest BCUT2D eigenvalue weighted by Gasteiger charge is 2.45. The molecule has 3 aromatic rings. The van der Waals surface area contributed by atoms with E-state index in [2.05, 4.69) is 14.7 Å². The van der Waals surface area contributed by atoms with Crippen LogP contribution in [-0.2, 0) is 17.8 Å². The van der Waals surface area contributed by atoms with Crippen molar-refractivity contribution in [3.63, 3.8) is 0 Å². The van der Waals surface area contributed by atoms with Crippen LogP contribution in [0.4, 0.5) is 20.3 Å². The van der Waals surface area contributed by atoms with Crippen LogP contribution in [0.25, 0.3) is 10.8 Å². The fourth-order valence-corrected chi connectivity index (χ4v) is 7.84. The maximum Gasteiger partial charge on any atom is 0.318 e. The van der Waals surface area contributed by atoms with Crippen molar-refractivity contribution in [1.82, 2.24) is 19.8 Å². The molecule has 1 aromatic heterocycles. The van der Waals surface area contributed by atoms with Crippen LogP contribution in [0.1, 0.15) is 36.9 Å². The van der Waals surface area contributed by atoms with Crippen molar-refractivity contribution in [2.75, 3.05) is 68.8 Å². The Morgan fingerprint density at radius 1 is 1.02 bits per heavy atom. The lowest BCUT2D eigenvalue weighted by Gasteiger charge is -2.38. The van der Waals surface area contributed by atoms with Gasteiger partial charge in [-0.15, -0.1) is 0 Å². The van der Waals surface area contributed by atoms with E-state index in [0.717, 1.165) is 60.2 Å². The number of ether oxygens (including phenoxy) is 1. The second kappa shape index (κ2) is 12.3. The first-order chi connectivity index (χ1) is 21.9. The van der Waals surface area contributed by atoms with Crippen molar-refractivity contribution < 1.29 is 23.4 Å². The largest absolute Gasteiger partial charge is 0.461 e. The number of amides is 1. The van der Waals surface area contributed by atoms with Gasteiger partial charge in [0.25, 0.3) is 5.91 Å². The fourth-order valence-electron chi connectivity index (χ4n) is 7.57. The zero-order valence-corrected chi connectivity index (χ0v) is 25.9. The Labute approximate surface area is 266 Å². The molecule has 9 nitrogen and oxygen atoms in total. The van der Waals surface area contributed by atoms with Crippen LogP contribution >= 0.6 is 11.6 Å². The number of carbonyl (C=O) groups is 1. The van der Waals surface area contributed by atoms with Crippen LogP contribution in [0, 0.1) is 5.82 Å². The number of anilines is 2. The molecule has 0 unspecified atom stereocenters. The first kappa shape index (κ1) is 30.1. The Hall–Kier alpha value is -3.54. The second-order valence-electron chi connectivity index (χ2n) is 12.4. The molecule has 3 saturated heterocycles. The highest BCUT2D eigenvalue weighted by molar-refractivity contribution is 6.36. The summed E-state index contributed by atoms with van der Waals surface area (Å²) in [7, 11) is 0. The molecular formula is C33H37ClF2N6O3. The molecule has 12 heteroatoms. The number of aliphatic hydroxyl groups excluding tert-OH is 1. The Morgan fingerprint density at radius 3 is 2.56 bits per heavy atom. The number of hydrogen-bond donors (Lipinski definition) is 1. The molecule has 0 atom stereocenters. The highest BCUT2D eigenvalue weighted by atomic mass is 35.5. The molecule has 238 valence electrons. The summed E-state index contributed by atoms with van der Waals surface area (Å²) in [5.41, 5.74) is 2.74. The maximum absolute atomic E-state index is 14.6. The molecule has 45 heavy (non-hydrogen) atoms. The molecule has 4 aliphatic heterocycles. The van der Waals surface area contributed by atoms with Gasteiger partial charge in [-0.1, -0.05) is 29.8 Å². The summed E-state index contributed by atoms with van der Waals surface area (Å²) in [5.74, 6) is -1.33. The maximum atomic E-state index is 14.6. The number of aliphatic hydroxyl groups is 1. The van der Waals surface area contributed by atoms with Gasteiger partial charge in [-0.2, -0.15) is 9.97 Å². The topological polar surface area (TPSA) is 85.3 Å². The zero-order valence-electron chi connectivity index (χ0n) is 25.2. The molecule has 0 spiro atoms. The van der Waals surface area contributed by atoms with Gasteiger partial charge in [0.15, 0.2) is 5.83 Å². The minimum atomic E-state index is -0.943. The van der Waals surface area contributed by atoms with Gasteiger partial charge in [0.1, 0.15) is 18.2 Å². The average molecular weight is 639 g/mol. The van der Waals surface area contributed by atoms with Gasteiger partial charge >= 0.3 is 6.01 Å². The van der Waals surface area contributed by atoms with Crippen LogP contribution in [-0.4, -0.2) is 95.3 Å². The van der Waals surface area contributed by atoms with E-state index in [9.17, 15) is 13.6 Å². The Kier molecular flexibility index (Phi) is 8.26. The molecule has 2 aromatic carbocycles. The summed E-state index contributed by atoms with van der Waals surface area (Å²) >= 11 is 6.50. The number of rotatable bonds is 7. The summed E-state index contributed by atoms with van der Waals surface area (Å²) in [6.45, 7) is 4.93. The summed E-state index contributed by atoms with van der Waals surface area (Å²) in [6.07, 6.45) is 6.08. The zero-order chi connectivity index (χ0) is 31.1. The Balaban J connectivity index is 1.19. The van der Waals surface area contributed by atoms with E-state index in [1.54, 1.807) is 6.07 Å². The third-order valence-corrected chi connectivity index (χ3v) is 10.3. The van der Waals surface area contributed by atoms with Crippen molar-refractivity contribution in [1.29, 1.82) is 0 Å². The van der Waals surface area contributed by atoms with Gasteiger partial charge in [0, 0.05) is 49.4 Å². The third kappa shape index (κ3) is 5.59.